The first kappa shape index (κ1) is 9.40. The third-order valence-electron chi connectivity index (χ3n) is 1.46. The molecule has 0 aliphatic rings. The number of rotatable bonds is 3. The summed E-state index contributed by atoms with van der Waals surface area (Å²) in [7, 11) is 0. The lowest BCUT2D eigenvalue weighted by molar-refractivity contribution is 0.0362. The molecule has 0 radical (unpaired) electrons. The minimum Gasteiger partial charge on any atom is -0.393 e. The highest BCUT2D eigenvalue weighted by molar-refractivity contribution is 5.25. The standard InChI is InChI=1S/C8H14O2/c1-4-7(5-2)8(3,10)6-9/h4-5,9-10H,1,6H2,2-3H3/b7-5+. The van der Waals surface area contributed by atoms with Crippen LogP contribution in [0.5, 0.6) is 0 Å². The van der Waals surface area contributed by atoms with Crippen LogP contribution < -0.4 is 0 Å². The van der Waals surface area contributed by atoms with Gasteiger partial charge in [-0.1, -0.05) is 18.7 Å². The van der Waals surface area contributed by atoms with E-state index in [0.717, 1.165) is 0 Å². The van der Waals surface area contributed by atoms with E-state index in [1.165, 1.54) is 6.08 Å². The highest BCUT2D eigenvalue weighted by atomic mass is 16.3. The summed E-state index contributed by atoms with van der Waals surface area (Å²) in [4.78, 5) is 0. The van der Waals surface area contributed by atoms with Gasteiger partial charge in [0, 0.05) is 0 Å². The van der Waals surface area contributed by atoms with Crippen LogP contribution in [0.1, 0.15) is 13.8 Å². The van der Waals surface area contributed by atoms with Gasteiger partial charge in [-0.05, 0) is 19.4 Å². The lowest BCUT2D eigenvalue weighted by atomic mass is 9.97. The fourth-order valence-electron chi connectivity index (χ4n) is 0.740. The third-order valence-corrected chi connectivity index (χ3v) is 1.46. The van der Waals surface area contributed by atoms with Gasteiger partial charge in [0.1, 0.15) is 5.60 Å². The molecule has 2 N–H and O–H groups in total. The molecule has 0 aliphatic heterocycles. The van der Waals surface area contributed by atoms with E-state index in [-0.39, 0.29) is 6.61 Å². The van der Waals surface area contributed by atoms with Crippen LogP contribution in [-0.4, -0.2) is 22.4 Å². The van der Waals surface area contributed by atoms with Crippen LogP contribution in [0.3, 0.4) is 0 Å². The van der Waals surface area contributed by atoms with Gasteiger partial charge in [0.15, 0.2) is 0 Å². The molecule has 1 atom stereocenters. The topological polar surface area (TPSA) is 40.5 Å². The van der Waals surface area contributed by atoms with Crippen LogP contribution in [0.4, 0.5) is 0 Å². The van der Waals surface area contributed by atoms with Gasteiger partial charge in [-0.15, -0.1) is 0 Å². The average Bonchev–Trinajstić information content (AvgIpc) is 1.90. The number of aliphatic hydroxyl groups excluding tert-OH is 1. The third kappa shape index (κ3) is 1.97. The van der Waals surface area contributed by atoms with Gasteiger partial charge in [0.2, 0.25) is 0 Å². The molecule has 1 unspecified atom stereocenters. The van der Waals surface area contributed by atoms with Crippen molar-refractivity contribution >= 4 is 0 Å². The summed E-state index contributed by atoms with van der Waals surface area (Å²) in [6.07, 6.45) is 3.26. The molecule has 0 aromatic carbocycles. The Morgan fingerprint density at radius 1 is 1.70 bits per heavy atom. The first-order chi connectivity index (χ1) is 4.58. The van der Waals surface area contributed by atoms with Crippen molar-refractivity contribution < 1.29 is 10.2 Å². The Bertz CT molecular complexity index is 145. The highest BCUT2D eigenvalue weighted by Gasteiger charge is 2.21. The first-order valence-electron chi connectivity index (χ1n) is 3.21. The predicted molar refractivity (Wildman–Crippen MR) is 41.7 cm³/mol. The quantitative estimate of drug-likeness (QED) is 0.574. The molecule has 58 valence electrons. The second-order valence-electron chi connectivity index (χ2n) is 2.38. The van der Waals surface area contributed by atoms with E-state index >= 15 is 0 Å². The lowest BCUT2D eigenvalue weighted by Crippen LogP contribution is -2.30. The first-order valence-corrected chi connectivity index (χ1v) is 3.21. The van der Waals surface area contributed by atoms with Crippen molar-refractivity contribution in [1.29, 1.82) is 0 Å². The summed E-state index contributed by atoms with van der Waals surface area (Å²) >= 11 is 0. The van der Waals surface area contributed by atoms with Gasteiger partial charge in [-0.2, -0.15) is 0 Å². The second kappa shape index (κ2) is 3.54. The van der Waals surface area contributed by atoms with E-state index in [0.29, 0.717) is 5.57 Å². The molecule has 0 bridgehead atoms. The molecule has 0 aliphatic carbocycles. The summed E-state index contributed by atoms with van der Waals surface area (Å²) in [5, 5.41) is 18.1. The van der Waals surface area contributed by atoms with Crippen molar-refractivity contribution in [3.8, 4) is 0 Å². The Morgan fingerprint density at radius 3 is 2.30 bits per heavy atom. The molecule has 0 rings (SSSR count). The Balaban J connectivity index is 4.43. The monoisotopic (exact) mass is 142 g/mol. The van der Waals surface area contributed by atoms with Crippen LogP contribution in [0.15, 0.2) is 24.3 Å². The molecule has 0 heterocycles. The Labute approximate surface area is 61.5 Å². The van der Waals surface area contributed by atoms with Crippen molar-refractivity contribution in [1.82, 2.24) is 0 Å². The zero-order chi connectivity index (χ0) is 8.20. The Morgan fingerprint density at radius 2 is 2.20 bits per heavy atom. The van der Waals surface area contributed by atoms with E-state index in [4.69, 9.17) is 5.11 Å². The van der Waals surface area contributed by atoms with Gasteiger partial charge >= 0.3 is 0 Å². The minimum atomic E-state index is -1.14. The second-order valence-corrected chi connectivity index (χ2v) is 2.38. The van der Waals surface area contributed by atoms with Crippen LogP contribution >= 0.6 is 0 Å². The van der Waals surface area contributed by atoms with Gasteiger partial charge in [0.25, 0.3) is 0 Å². The van der Waals surface area contributed by atoms with Crippen LogP contribution in [0, 0.1) is 0 Å². The van der Waals surface area contributed by atoms with Gasteiger partial charge < -0.3 is 10.2 Å². The fraction of sp³-hybridized carbons (Fsp3) is 0.500. The van der Waals surface area contributed by atoms with Gasteiger partial charge in [0.05, 0.1) is 6.61 Å². The minimum absolute atomic E-state index is 0.279. The molecule has 0 amide bonds. The maximum atomic E-state index is 9.39. The fourth-order valence-corrected chi connectivity index (χ4v) is 0.740. The number of hydrogen-bond donors (Lipinski definition) is 2. The van der Waals surface area contributed by atoms with Gasteiger partial charge in [-0.25, -0.2) is 0 Å². The molecular weight excluding hydrogens is 128 g/mol. The van der Waals surface area contributed by atoms with Crippen molar-refractivity contribution in [2.24, 2.45) is 0 Å². The molecular formula is C8H14O2. The molecule has 0 aromatic heterocycles. The summed E-state index contributed by atoms with van der Waals surface area (Å²) in [6.45, 7) is 6.57. The maximum absolute atomic E-state index is 9.39. The van der Waals surface area contributed by atoms with Crippen LogP contribution in [0.25, 0.3) is 0 Å². The molecule has 10 heavy (non-hydrogen) atoms. The Hall–Kier alpha value is -0.600. The van der Waals surface area contributed by atoms with Crippen molar-refractivity contribution in [3.63, 3.8) is 0 Å². The highest BCUT2D eigenvalue weighted by Crippen LogP contribution is 2.15. The molecule has 0 saturated heterocycles. The summed E-state index contributed by atoms with van der Waals surface area (Å²) in [5.74, 6) is 0. The molecule has 0 spiro atoms. The van der Waals surface area contributed by atoms with Crippen molar-refractivity contribution in [2.75, 3.05) is 6.61 Å². The molecule has 0 saturated carbocycles. The predicted octanol–water partition coefficient (Wildman–Crippen LogP) is 0.862. The zero-order valence-corrected chi connectivity index (χ0v) is 6.46. The number of hydrogen-bond acceptors (Lipinski definition) is 2. The lowest BCUT2D eigenvalue weighted by Gasteiger charge is -2.21. The normalized spacial score (nSPS) is 18.2. The average molecular weight is 142 g/mol. The zero-order valence-electron chi connectivity index (χ0n) is 6.46. The number of allylic oxidation sites excluding steroid dienone is 1. The van der Waals surface area contributed by atoms with Gasteiger partial charge in [-0.3, -0.25) is 0 Å². The largest absolute Gasteiger partial charge is 0.393 e. The van der Waals surface area contributed by atoms with E-state index in [1.54, 1.807) is 19.9 Å². The van der Waals surface area contributed by atoms with Crippen molar-refractivity contribution in [2.45, 2.75) is 19.4 Å². The molecule has 2 nitrogen and oxygen atoms in total. The summed E-state index contributed by atoms with van der Waals surface area (Å²) in [6, 6.07) is 0. The SMILES string of the molecule is C=C/C(=C\C)C(C)(O)CO. The van der Waals surface area contributed by atoms with E-state index in [2.05, 4.69) is 6.58 Å². The van der Waals surface area contributed by atoms with E-state index in [9.17, 15) is 5.11 Å². The summed E-state index contributed by atoms with van der Waals surface area (Å²) < 4.78 is 0. The number of aliphatic hydroxyl groups is 2. The summed E-state index contributed by atoms with van der Waals surface area (Å²) in [5.41, 5.74) is -0.494. The maximum Gasteiger partial charge on any atom is 0.109 e. The van der Waals surface area contributed by atoms with Crippen LogP contribution in [-0.2, 0) is 0 Å². The Kier molecular flexibility index (Phi) is 3.33. The molecule has 2 heteroatoms. The smallest absolute Gasteiger partial charge is 0.109 e. The molecule has 0 fully saturated rings. The van der Waals surface area contributed by atoms with Crippen LogP contribution in [0.2, 0.25) is 0 Å². The van der Waals surface area contributed by atoms with Crippen molar-refractivity contribution in [3.05, 3.63) is 24.3 Å². The molecule has 0 aromatic rings. The van der Waals surface area contributed by atoms with E-state index < -0.39 is 5.60 Å². The van der Waals surface area contributed by atoms with E-state index in [1.807, 2.05) is 0 Å².